The van der Waals surface area contributed by atoms with Crippen LogP contribution in [-0.2, 0) is 27.4 Å². The molecule has 0 aliphatic rings. The molecular formula is C20H33NO3. The van der Waals surface area contributed by atoms with E-state index in [1.165, 1.54) is 0 Å². The van der Waals surface area contributed by atoms with Crippen molar-refractivity contribution in [2.45, 2.75) is 66.2 Å². The summed E-state index contributed by atoms with van der Waals surface area (Å²) in [5, 5.41) is 2.97. The zero-order chi connectivity index (χ0) is 17.8. The summed E-state index contributed by atoms with van der Waals surface area (Å²) in [6.07, 6.45) is 2.61. The quantitative estimate of drug-likeness (QED) is 0.586. The lowest BCUT2D eigenvalue weighted by atomic mass is 10.1. The molecule has 0 bridgehead atoms. The standard InChI is InChI=1S/C20H33NO3/c1-16(2)14-23-15-19-10-8-18(9-11-19)13-21-20(22)7-5-6-12-24-17(3)4/h8-11,16-17H,5-7,12-15H2,1-4H3,(H,21,22). The zero-order valence-electron chi connectivity index (χ0n) is 15.6. The molecule has 0 atom stereocenters. The van der Waals surface area contributed by atoms with Gasteiger partial charge in [-0.3, -0.25) is 4.79 Å². The minimum Gasteiger partial charge on any atom is -0.379 e. The maximum Gasteiger partial charge on any atom is 0.220 e. The number of carbonyl (C=O) groups excluding carboxylic acids is 1. The molecule has 0 heterocycles. The Labute approximate surface area is 146 Å². The average Bonchev–Trinajstić information content (AvgIpc) is 2.53. The van der Waals surface area contributed by atoms with Gasteiger partial charge in [0.05, 0.1) is 12.7 Å². The number of ether oxygens (including phenoxy) is 2. The number of carbonyl (C=O) groups is 1. The van der Waals surface area contributed by atoms with Gasteiger partial charge in [0.2, 0.25) is 5.91 Å². The van der Waals surface area contributed by atoms with Crippen LogP contribution in [0.1, 0.15) is 58.1 Å². The number of rotatable bonds is 12. The van der Waals surface area contributed by atoms with Gasteiger partial charge in [-0.15, -0.1) is 0 Å². The second kappa shape index (κ2) is 12.0. The second-order valence-corrected chi connectivity index (χ2v) is 6.88. The number of nitrogens with one attached hydrogen (secondary N) is 1. The highest BCUT2D eigenvalue weighted by Crippen LogP contribution is 2.07. The molecule has 0 aliphatic heterocycles. The molecule has 0 aliphatic carbocycles. The molecule has 1 N–H and O–H groups in total. The van der Waals surface area contributed by atoms with E-state index in [2.05, 4.69) is 31.3 Å². The van der Waals surface area contributed by atoms with Gasteiger partial charge in [-0.2, -0.15) is 0 Å². The summed E-state index contributed by atoms with van der Waals surface area (Å²) in [5.74, 6) is 0.653. The molecule has 1 rings (SSSR count). The van der Waals surface area contributed by atoms with Crippen LogP contribution in [-0.4, -0.2) is 25.2 Å². The molecule has 0 aromatic heterocycles. The van der Waals surface area contributed by atoms with Crippen LogP contribution < -0.4 is 5.32 Å². The third kappa shape index (κ3) is 10.4. The molecule has 0 saturated heterocycles. The predicted octanol–water partition coefficient (Wildman–Crippen LogP) is 4.07. The van der Waals surface area contributed by atoms with E-state index in [0.29, 0.717) is 25.5 Å². The van der Waals surface area contributed by atoms with Gasteiger partial charge in [-0.25, -0.2) is 0 Å². The van der Waals surface area contributed by atoms with Crippen LogP contribution in [0, 0.1) is 5.92 Å². The van der Waals surface area contributed by atoms with Crippen LogP contribution in [0.2, 0.25) is 0 Å². The van der Waals surface area contributed by atoms with Crippen LogP contribution in [0.3, 0.4) is 0 Å². The third-order valence-electron chi connectivity index (χ3n) is 3.48. The number of hydrogen-bond acceptors (Lipinski definition) is 3. The average molecular weight is 335 g/mol. The third-order valence-corrected chi connectivity index (χ3v) is 3.48. The van der Waals surface area contributed by atoms with Gasteiger partial charge in [-0.05, 0) is 43.7 Å². The van der Waals surface area contributed by atoms with Crippen LogP contribution in [0.15, 0.2) is 24.3 Å². The minimum absolute atomic E-state index is 0.101. The lowest BCUT2D eigenvalue weighted by molar-refractivity contribution is -0.121. The second-order valence-electron chi connectivity index (χ2n) is 6.88. The molecule has 4 heteroatoms. The number of benzene rings is 1. The molecule has 1 amide bonds. The monoisotopic (exact) mass is 335 g/mol. The summed E-state index contributed by atoms with van der Waals surface area (Å²) in [6, 6.07) is 8.21. The van der Waals surface area contributed by atoms with E-state index >= 15 is 0 Å². The van der Waals surface area contributed by atoms with Gasteiger partial charge in [-0.1, -0.05) is 38.1 Å². The number of unbranched alkanes of at least 4 members (excludes halogenated alkanes) is 1. The fourth-order valence-electron chi connectivity index (χ4n) is 2.16. The SMILES string of the molecule is CC(C)COCc1ccc(CNC(=O)CCCCOC(C)C)cc1. The number of amides is 1. The Balaban J connectivity index is 2.16. The Hall–Kier alpha value is -1.39. The van der Waals surface area contributed by atoms with Crippen LogP contribution in [0.5, 0.6) is 0 Å². The van der Waals surface area contributed by atoms with Crippen molar-refractivity contribution in [1.29, 1.82) is 0 Å². The maximum atomic E-state index is 11.8. The highest BCUT2D eigenvalue weighted by atomic mass is 16.5. The Kier molecular flexibility index (Phi) is 10.4. The largest absolute Gasteiger partial charge is 0.379 e. The van der Waals surface area contributed by atoms with Crippen molar-refractivity contribution < 1.29 is 14.3 Å². The fourth-order valence-corrected chi connectivity index (χ4v) is 2.16. The molecule has 0 unspecified atom stereocenters. The summed E-state index contributed by atoms with van der Waals surface area (Å²) in [5.41, 5.74) is 2.27. The van der Waals surface area contributed by atoms with Crippen LogP contribution in [0.4, 0.5) is 0 Å². The summed E-state index contributed by atoms with van der Waals surface area (Å²) >= 11 is 0. The normalized spacial score (nSPS) is 11.2. The molecule has 4 nitrogen and oxygen atoms in total. The van der Waals surface area contributed by atoms with Gasteiger partial charge in [0.15, 0.2) is 0 Å². The summed E-state index contributed by atoms with van der Waals surface area (Å²) in [6.45, 7) is 11.1. The van der Waals surface area contributed by atoms with Crippen molar-refractivity contribution in [3.8, 4) is 0 Å². The van der Waals surface area contributed by atoms with E-state index in [9.17, 15) is 4.79 Å². The Morgan fingerprint density at radius 2 is 1.71 bits per heavy atom. The van der Waals surface area contributed by atoms with Crippen molar-refractivity contribution in [2.24, 2.45) is 5.92 Å². The molecule has 0 spiro atoms. The summed E-state index contributed by atoms with van der Waals surface area (Å²) in [7, 11) is 0. The van der Waals surface area contributed by atoms with Crippen LogP contribution >= 0.6 is 0 Å². The maximum absolute atomic E-state index is 11.8. The summed E-state index contributed by atoms with van der Waals surface area (Å²) in [4.78, 5) is 11.8. The first kappa shape index (κ1) is 20.7. The first-order chi connectivity index (χ1) is 11.5. The van der Waals surface area contributed by atoms with Crippen LogP contribution in [0.25, 0.3) is 0 Å². The van der Waals surface area contributed by atoms with Crippen molar-refractivity contribution in [3.05, 3.63) is 35.4 Å². The highest BCUT2D eigenvalue weighted by molar-refractivity contribution is 5.75. The first-order valence-corrected chi connectivity index (χ1v) is 9.01. The van der Waals surface area contributed by atoms with Gasteiger partial charge in [0.25, 0.3) is 0 Å². The molecule has 0 saturated carbocycles. The van der Waals surface area contributed by atoms with Crippen molar-refractivity contribution in [3.63, 3.8) is 0 Å². The van der Waals surface area contributed by atoms with Crippen molar-refractivity contribution in [2.75, 3.05) is 13.2 Å². The van der Waals surface area contributed by atoms with E-state index in [1.54, 1.807) is 0 Å². The van der Waals surface area contributed by atoms with E-state index in [-0.39, 0.29) is 12.0 Å². The molecule has 0 fully saturated rings. The Morgan fingerprint density at radius 1 is 1.04 bits per heavy atom. The van der Waals surface area contributed by atoms with Crippen molar-refractivity contribution in [1.82, 2.24) is 5.32 Å². The molecule has 1 aromatic carbocycles. The Morgan fingerprint density at radius 3 is 2.33 bits per heavy atom. The first-order valence-electron chi connectivity index (χ1n) is 9.01. The van der Waals surface area contributed by atoms with Gasteiger partial charge in [0.1, 0.15) is 0 Å². The number of hydrogen-bond donors (Lipinski definition) is 1. The molecule has 24 heavy (non-hydrogen) atoms. The fraction of sp³-hybridized carbons (Fsp3) is 0.650. The van der Waals surface area contributed by atoms with Gasteiger partial charge >= 0.3 is 0 Å². The van der Waals surface area contributed by atoms with Crippen molar-refractivity contribution >= 4 is 5.91 Å². The highest BCUT2D eigenvalue weighted by Gasteiger charge is 2.02. The predicted molar refractivity (Wildman–Crippen MR) is 97.7 cm³/mol. The molecule has 1 aromatic rings. The van der Waals surface area contributed by atoms with E-state index in [4.69, 9.17) is 9.47 Å². The lowest BCUT2D eigenvalue weighted by Crippen LogP contribution is -2.22. The van der Waals surface area contributed by atoms with E-state index < -0.39 is 0 Å². The molecule has 136 valence electrons. The smallest absolute Gasteiger partial charge is 0.220 e. The molecule has 0 radical (unpaired) electrons. The lowest BCUT2D eigenvalue weighted by Gasteiger charge is -2.09. The summed E-state index contributed by atoms with van der Waals surface area (Å²) < 4.78 is 11.1. The molecular weight excluding hydrogens is 302 g/mol. The topological polar surface area (TPSA) is 47.6 Å². The zero-order valence-corrected chi connectivity index (χ0v) is 15.6. The van der Waals surface area contributed by atoms with E-state index in [1.807, 2.05) is 26.0 Å². The van der Waals surface area contributed by atoms with Gasteiger partial charge < -0.3 is 14.8 Å². The van der Waals surface area contributed by atoms with E-state index in [0.717, 1.165) is 37.2 Å². The van der Waals surface area contributed by atoms with Gasteiger partial charge in [0, 0.05) is 26.2 Å². The minimum atomic E-state index is 0.101. The Bertz CT molecular complexity index is 454.